The highest BCUT2D eigenvalue weighted by molar-refractivity contribution is 8.22. The molecule has 3 nitrogen and oxygen atoms in total. The van der Waals surface area contributed by atoms with Crippen molar-refractivity contribution in [2.45, 2.75) is 33.2 Å². The molecule has 1 unspecified atom stereocenters. The van der Waals surface area contributed by atoms with E-state index in [1.54, 1.807) is 12.2 Å². The van der Waals surface area contributed by atoms with E-state index < -0.39 is 6.10 Å². The van der Waals surface area contributed by atoms with Gasteiger partial charge >= 0.3 is 0 Å². The largest absolute Gasteiger partial charge is 0.393 e. The summed E-state index contributed by atoms with van der Waals surface area (Å²) in [4.78, 5) is 4.32. The molecule has 0 aromatic heterocycles. The van der Waals surface area contributed by atoms with Crippen molar-refractivity contribution in [3.8, 4) is 12.5 Å². The molecule has 0 bridgehead atoms. The van der Waals surface area contributed by atoms with Crippen LogP contribution in [0.2, 0.25) is 6.32 Å². The zero-order valence-corrected chi connectivity index (χ0v) is 14.8. The van der Waals surface area contributed by atoms with Crippen LogP contribution in [-0.2, 0) is 0 Å². The van der Waals surface area contributed by atoms with Crippen molar-refractivity contribution in [3.05, 3.63) is 0 Å². The van der Waals surface area contributed by atoms with Gasteiger partial charge in [-0.15, -0.1) is 0 Å². The Morgan fingerprint density at radius 3 is 2.35 bits per heavy atom. The quantitative estimate of drug-likeness (QED) is 0.317. The van der Waals surface area contributed by atoms with Gasteiger partial charge in [0.25, 0.3) is 0 Å². The lowest BCUT2D eigenvalue weighted by atomic mass is 9.72. The second-order valence-electron chi connectivity index (χ2n) is 4.05. The second kappa shape index (κ2) is 11.4. The van der Waals surface area contributed by atoms with Crippen LogP contribution in [0.3, 0.4) is 0 Å². The maximum atomic E-state index is 9.94. The molecular weight excluding hydrogens is 307 g/mol. The lowest BCUT2D eigenvalue weighted by Crippen LogP contribution is -2.31. The Morgan fingerprint density at radius 1 is 1.30 bits per heavy atom. The van der Waals surface area contributed by atoms with Crippen LogP contribution in [-0.4, -0.2) is 62.9 Å². The van der Waals surface area contributed by atoms with Crippen molar-refractivity contribution >= 4 is 52.7 Å². The molecule has 1 atom stereocenters. The minimum absolute atomic E-state index is 0.469. The summed E-state index contributed by atoms with van der Waals surface area (Å²) >= 11 is 12.0. The fourth-order valence-electron chi connectivity index (χ4n) is 1.47. The van der Waals surface area contributed by atoms with E-state index in [9.17, 15) is 5.11 Å². The molecule has 0 rings (SSSR count). The molecule has 0 spiro atoms. The van der Waals surface area contributed by atoms with Crippen molar-refractivity contribution < 1.29 is 5.11 Å². The summed E-state index contributed by atoms with van der Waals surface area (Å²) in [6, 6.07) is 2.50. The molecule has 0 aromatic rings. The van der Waals surface area contributed by atoms with Crippen molar-refractivity contribution in [3.63, 3.8) is 0 Å². The monoisotopic (exact) mass is 329 g/mol. The third-order valence-corrected chi connectivity index (χ3v) is 4.78. The maximum Gasteiger partial charge on any atom is 0.194 e. The van der Waals surface area contributed by atoms with Crippen LogP contribution >= 0.6 is 36.2 Å². The Bertz CT molecular complexity index is 356. The van der Waals surface area contributed by atoms with Gasteiger partial charge in [-0.3, -0.25) is 0 Å². The Kier molecular flexibility index (Phi) is 11.2. The molecule has 0 aromatic carbocycles. The highest BCUT2D eigenvalue weighted by atomic mass is 32.2. The number of aliphatic hydroxyl groups excluding tert-OH is 1. The molecule has 1 N–H and O–H groups in total. The number of hydrogen-bond donors (Lipinski definition) is 1. The summed E-state index contributed by atoms with van der Waals surface area (Å²) in [5, 5.41) is 9.94. The Hall–Kier alpha value is -0.285. The lowest BCUT2D eigenvalue weighted by molar-refractivity contribution is 0.220. The van der Waals surface area contributed by atoms with E-state index in [1.807, 2.05) is 6.92 Å². The van der Waals surface area contributed by atoms with Crippen molar-refractivity contribution in [1.29, 1.82) is 0 Å². The lowest BCUT2D eigenvalue weighted by Gasteiger charge is -2.22. The Morgan fingerprint density at radius 2 is 1.90 bits per heavy atom. The first-order valence-corrected chi connectivity index (χ1v) is 8.50. The molecule has 0 aliphatic carbocycles. The summed E-state index contributed by atoms with van der Waals surface area (Å²) in [5.74, 6) is 0.566. The van der Waals surface area contributed by atoms with Gasteiger partial charge in [0.15, 0.2) is 7.28 Å². The molecule has 0 amide bonds. The second-order valence-corrected chi connectivity index (χ2v) is 6.13. The van der Waals surface area contributed by atoms with Crippen LogP contribution in [0.4, 0.5) is 0 Å². The maximum absolute atomic E-state index is 9.94. The van der Waals surface area contributed by atoms with Crippen molar-refractivity contribution in [1.82, 2.24) is 9.80 Å². The predicted molar refractivity (Wildman–Crippen MR) is 98.4 cm³/mol. The van der Waals surface area contributed by atoms with Gasteiger partial charge in [-0.1, -0.05) is 42.6 Å². The molecule has 0 fully saturated rings. The van der Waals surface area contributed by atoms with Gasteiger partial charge in [0.2, 0.25) is 0 Å². The highest BCUT2D eigenvalue weighted by Gasteiger charge is 2.13. The molecular formula is C13H22BN2OS3. The van der Waals surface area contributed by atoms with Gasteiger partial charge in [-0.05, 0) is 27.1 Å². The number of nitrogens with zero attached hydrogens (tertiary/aromatic N) is 2. The summed E-state index contributed by atoms with van der Waals surface area (Å²) in [7, 11) is 1.80. The summed E-state index contributed by atoms with van der Waals surface area (Å²) in [5.41, 5.74) is 0. The van der Waals surface area contributed by atoms with E-state index in [-0.39, 0.29) is 0 Å². The smallest absolute Gasteiger partial charge is 0.194 e. The van der Waals surface area contributed by atoms with Gasteiger partial charge in [-0.25, -0.2) is 0 Å². The highest BCUT2D eigenvalue weighted by Crippen LogP contribution is 2.12. The summed E-state index contributed by atoms with van der Waals surface area (Å²) in [6.45, 7) is 8.53. The first-order chi connectivity index (χ1) is 9.49. The normalized spacial score (nSPS) is 11.3. The van der Waals surface area contributed by atoms with Crippen LogP contribution in [0.5, 0.6) is 0 Å². The molecule has 0 aliphatic heterocycles. The number of thioether (sulfide) groups is 1. The van der Waals surface area contributed by atoms with E-state index in [2.05, 4.69) is 24.8 Å². The molecule has 7 heteroatoms. The van der Waals surface area contributed by atoms with E-state index >= 15 is 0 Å². The third kappa shape index (κ3) is 7.48. The number of terminal acetylenes is 1. The SMILES string of the molecule is C#CN(CC)C(=S)[B]CC(O)CSC(=S)N(CC)CC. The van der Waals surface area contributed by atoms with Crippen molar-refractivity contribution in [2.75, 3.05) is 25.4 Å². The van der Waals surface area contributed by atoms with Crippen molar-refractivity contribution in [2.24, 2.45) is 0 Å². The van der Waals surface area contributed by atoms with E-state index in [0.717, 1.165) is 17.4 Å². The summed E-state index contributed by atoms with van der Waals surface area (Å²) in [6.07, 6.45) is 5.35. The Labute approximate surface area is 138 Å². The van der Waals surface area contributed by atoms with Crippen LogP contribution < -0.4 is 0 Å². The molecule has 0 saturated heterocycles. The van der Waals surface area contributed by atoms with Crippen LogP contribution in [0, 0.1) is 12.5 Å². The fraction of sp³-hybridized carbons (Fsp3) is 0.692. The molecule has 20 heavy (non-hydrogen) atoms. The zero-order valence-electron chi connectivity index (χ0n) is 12.3. The topological polar surface area (TPSA) is 26.7 Å². The zero-order chi connectivity index (χ0) is 15.5. The molecule has 1 radical (unpaired) electrons. The predicted octanol–water partition coefficient (Wildman–Crippen LogP) is 2.03. The third-order valence-electron chi connectivity index (χ3n) is 2.72. The fourth-order valence-corrected chi connectivity index (χ4v) is 3.12. The number of rotatable bonds is 8. The first-order valence-electron chi connectivity index (χ1n) is 6.70. The molecule has 0 saturated carbocycles. The molecule has 0 aliphatic rings. The van der Waals surface area contributed by atoms with Gasteiger partial charge in [0.1, 0.15) is 4.32 Å². The minimum atomic E-state index is -0.469. The molecule has 111 valence electrons. The standard InChI is InChI=1S/C13H22BN2OS3/c1-5-15(6-2)12(18)14-9-11(17)10-20-13(19)16(7-3)8-4/h1,11,17H,6-10H2,2-4H3. The van der Waals surface area contributed by atoms with E-state index in [0.29, 0.717) is 23.5 Å². The van der Waals surface area contributed by atoms with Gasteiger partial charge < -0.3 is 14.9 Å². The average molecular weight is 329 g/mol. The van der Waals surface area contributed by atoms with Crippen LogP contribution in [0.15, 0.2) is 0 Å². The van der Waals surface area contributed by atoms with Gasteiger partial charge in [0, 0.05) is 36.3 Å². The molecule has 0 heterocycles. The number of aliphatic hydroxyl groups is 1. The average Bonchev–Trinajstić information content (AvgIpc) is 2.45. The Balaban J connectivity index is 4.01. The van der Waals surface area contributed by atoms with Gasteiger partial charge in [-0.2, -0.15) is 0 Å². The van der Waals surface area contributed by atoms with Crippen LogP contribution in [0.25, 0.3) is 0 Å². The number of hydrogen-bond acceptors (Lipinski definition) is 4. The summed E-state index contributed by atoms with van der Waals surface area (Å²) < 4.78 is 0.829. The van der Waals surface area contributed by atoms with Crippen LogP contribution in [0.1, 0.15) is 20.8 Å². The van der Waals surface area contributed by atoms with Gasteiger partial charge in [0.05, 0.1) is 6.10 Å². The van der Waals surface area contributed by atoms with E-state index in [4.69, 9.17) is 30.9 Å². The number of thiocarbonyl (C=S) groups is 2. The minimum Gasteiger partial charge on any atom is -0.393 e. The first kappa shape index (κ1) is 19.7. The van der Waals surface area contributed by atoms with E-state index in [1.165, 1.54) is 11.8 Å².